The van der Waals surface area contributed by atoms with Crippen molar-refractivity contribution in [2.75, 3.05) is 5.73 Å². The number of rotatable bonds is 1. The first-order chi connectivity index (χ1) is 7.33. The highest BCUT2D eigenvalue weighted by Crippen LogP contribution is 2.19. The van der Waals surface area contributed by atoms with Gasteiger partial charge < -0.3 is 10.7 Å². The average Bonchev–Trinajstić information content (AvgIpc) is 2.76. The Morgan fingerprint density at radius 3 is 2.73 bits per heavy atom. The second kappa shape index (κ2) is 2.88. The number of anilines is 1. The number of nitrogen functional groups attached to an aromatic ring is 1. The van der Waals surface area contributed by atoms with Gasteiger partial charge in [-0.2, -0.15) is 0 Å². The number of H-pyrrole nitrogens is 1. The van der Waals surface area contributed by atoms with Crippen LogP contribution >= 0.6 is 0 Å². The summed E-state index contributed by atoms with van der Waals surface area (Å²) in [4.78, 5) is 3.25. The third-order valence-corrected chi connectivity index (χ3v) is 2.35. The Balaban J connectivity index is 2.16. The minimum Gasteiger partial charge on any atom is -0.382 e. The molecule has 0 radical (unpaired) electrons. The average molecular weight is 198 g/mol. The summed E-state index contributed by atoms with van der Waals surface area (Å²) >= 11 is 0. The van der Waals surface area contributed by atoms with E-state index >= 15 is 0 Å². The van der Waals surface area contributed by atoms with Crippen LogP contribution in [-0.4, -0.2) is 14.6 Å². The van der Waals surface area contributed by atoms with Crippen molar-refractivity contribution in [1.29, 1.82) is 0 Å². The van der Waals surface area contributed by atoms with Crippen LogP contribution in [0.15, 0.2) is 42.6 Å². The van der Waals surface area contributed by atoms with Crippen LogP contribution < -0.4 is 5.73 Å². The van der Waals surface area contributed by atoms with Gasteiger partial charge in [-0.05, 0) is 5.56 Å². The van der Waals surface area contributed by atoms with Crippen molar-refractivity contribution in [2.24, 2.45) is 0 Å². The monoisotopic (exact) mass is 198 g/mol. The SMILES string of the molecule is Nc1cc2[nH]c(-c3ccccc3)cn2n1. The normalized spacial score (nSPS) is 10.9. The summed E-state index contributed by atoms with van der Waals surface area (Å²) in [6.07, 6.45) is 1.93. The fraction of sp³-hybridized carbons (Fsp3) is 0. The summed E-state index contributed by atoms with van der Waals surface area (Å²) in [5.41, 5.74) is 8.66. The van der Waals surface area contributed by atoms with E-state index in [0.29, 0.717) is 5.82 Å². The van der Waals surface area contributed by atoms with Crippen molar-refractivity contribution in [2.45, 2.75) is 0 Å². The summed E-state index contributed by atoms with van der Waals surface area (Å²) in [6.45, 7) is 0. The quantitative estimate of drug-likeness (QED) is 0.627. The Morgan fingerprint density at radius 1 is 1.20 bits per heavy atom. The number of benzene rings is 1. The van der Waals surface area contributed by atoms with E-state index in [1.807, 2.05) is 30.5 Å². The summed E-state index contributed by atoms with van der Waals surface area (Å²) in [6, 6.07) is 11.9. The topological polar surface area (TPSA) is 59.1 Å². The number of nitrogens with two attached hydrogens (primary N) is 1. The van der Waals surface area contributed by atoms with E-state index in [1.54, 1.807) is 4.52 Å². The first-order valence-electron chi connectivity index (χ1n) is 4.72. The number of nitrogens with one attached hydrogen (secondary N) is 1. The number of hydrogen-bond donors (Lipinski definition) is 2. The van der Waals surface area contributed by atoms with E-state index in [0.717, 1.165) is 16.9 Å². The largest absolute Gasteiger partial charge is 0.382 e. The molecule has 74 valence electrons. The molecular formula is C11H10N4. The van der Waals surface area contributed by atoms with Gasteiger partial charge in [0.1, 0.15) is 11.5 Å². The highest BCUT2D eigenvalue weighted by molar-refractivity contribution is 5.63. The van der Waals surface area contributed by atoms with Crippen LogP contribution in [0.2, 0.25) is 0 Å². The van der Waals surface area contributed by atoms with Crippen molar-refractivity contribution in [3.8, 4) is 11.3 Å². The highest BCUT2D eigenvalue weighted by Gasteiger charge is 2.04. The lowest BCUT2D eigenvalue weighted by molar-refractivity contribution is 0.981. The Kier molecular flexibility index (Phi) is 1.56. The third-order valence-electron chi connectivity index (χ3n) is 2.35. The molecule has 0 aliphatic rings. The van der Waals surface area contributed by atoms with Gasteiger partial charge in [-0.3, -0.25) is 0 Å². The van der Waals surface area contributed by atoms with Crippen molar-refractivity contribution in [3.63, 3.8) is 0 Å². The lowest BCUT2D eigenvalue weighted by atomic mass is 10.2. The third kappa shape index (κ3) is 1.27. The predicted octanol–water partition coefficient (Wildman–Crippen LogP) is 1.91. The maximum Gasteiger partial charge on any atom is 0.148 e. The predicted molar refractivity (Wildman–Crippen MR) is 59.4 cm³/mol. The van der Waals surface area contributed by atoms with Crippen LogP contribution in [0.3, 0.4) is 0 Å². The molecule has 0 aliphatic heterocycles. The molecule has 4 heteroatoms. The van der Waals surface area contributed by atoms with Gasteiger partial charge >= 0.3 is 0 Å². The molecule has 0 saturated carbocycles. The fourth-order valence-electron chi connectivity index (χ4n) is 1.66. The Hall–Kier alpha value is -2.23. The van der Waals surface area contributed by atoms with Crippen LogP contribution in [0.25, 0.3) is 16.9 Å². The van der Waals surface area contributed by atoms with E-state index in [1.165, 1.54) is 0 Å². The minimum absolute atomic E-state index is 0.529. The number of fused-ring (bicyclic) bond motifs is 1. The first-order valence-corrected chi connectivity index (χ1v) is 4.72. The Labute approximate surface area is 86.3 Å². The number of imidazole rings is 1. The molecular weight excluding hydrogens is 188 g/mol. The van der Waals surface area contributed by atoms with Gasteiger partial charge in [0.25, 0.3) is 0 Å². The van der Waals surface area contributed by atoms with Crippen LogP contribution in [0.4, 0.5) is 5.82 Å². The number of aromatic amines is 1. The van der Waals surface area contributed by atoms with Crippen molar-refractivity contribution in [3.05, 3.63) is 42.6 Å². The van der Waals surface area contributed by atoms with E-state index < -0.39 is 0 Å². The van der Waals surface area contributed by atoms with E-state index in [-0.39, 0.29) is 0 Å². The lowest BCUT2D eigenvalue weighted by Crippen LogP contribution is -1.86. The van der Waals surface area contributed by atoms with E-state index in [9.17, 15) is 0 Å². The zero-order chi connectivity index (χ0) is 10.3. The second-order valence-corrected chi connectivity index (χ2v) is 3.43. The zero-order valence-electron chi connectivity index (χ0n) is 8.01. The molecule has 3 N–H and O–H groups in total. The zero-order valence-corrected chi connectivity index (χ0v) is 8.01. The molecule has 3 aromatic rings. The maximum atomic E-state index is 5.57. The van der Waals surface area contributed by atoms with E-state index in [2.05, 4.69) is 22.2 Å². The molecule has 0 aliphatic carbocycles. The standard InChI is InChI=1S/C11H10N4/c12-10-6-11-13-9(7-15(11)14-10)8-4-2-1-3-5-8/h1-7,13H,(H2,12,14). The van der Waals surface area contributed by atoms with Crippen molar-refractivity contribution < 1.29 is 0 Å². The summed E-state index contributed by atoms with van der Waals surface area (Å²) in [5.74, 6) is 0.529. The molecule has 3 rings (SSSR count). The molecule has 0 unspecified atom stereocenters. The number of hydrogen-bond acceptors (Lipinski definition) is 2. The summed E-state index contributed by atoms with van der Waals surface area (Å²) in [7, 11) is 0. The lowest BCUT2D eigenvalue weighted by Gasteiger charge is -1.94. The summed E-state index contributed by atoms with van der Waals surface area (Å²) < 4.78 is 1.75. The Morgan fingerprint density at radius 2 is 2.00 bits per heavy atom. The molecule has 1 aromatic carbocycles. The second-order valence-electron chi connectivity index (χ2n) is 3.43. The van der Waals surface area contributed by atoms with Crippen molar-refractivity contribution >= 4 is 11.5 Å². The molecule has 15 heavy (non-hydrogen) atoms. The molecule has 2 heterocycles. The summed E-state index contributed by atoms with van der Waals surface area (Å²) in [5, 5.41) is 4.12. The molecule has 2 aromatic heterocycles. The van der Waals surface area contributed by atoms with Gasteiger partial charge in [-0.1, -0.05) is 30.3 Å². The maximum absolute atomic E-state index is 5.57. The van der Waals surface area contributed by atoms with Crippen LogP contribution in [0.1, 0.15) is 0 Å². The van der Waals surface area contributed by atoms with Crippen molar-refractivity contribution in [1.82, 2.24) is 14.6 Å². The highest BCUT2D eigenvalue weighted by atomic mass is 15.3. The van der Waals surface area contributed by atoms with Crippen LogP contribution in [0.5, 0.6) is 0 Å². The molecule has 0 amide bonds. The fourth-order valence-corrected chi connectivity index (χ4v) is 1.66. The molecule has 0 bridgehead atoms. The van der Waals surface area contributed by atoms with Gasteiger partial charge in [0.05, 0.1) is 11.9 Å². The van der Waals surface area contributed by atoms with Gasteiger partial charge in [0, 0.05) is 6.07 Å². The smallest absolute Gasteiger partial charge is 0.148 e. The molecule has 0 saturated heterocycles. The van der Waals surface area contributed by atoms with Gasteiger partial charge in [-0.25, -0.2) is 4.52 Å². The molecule has 0 fully saturated rings. The van der Waals surface area contributed by atoms with Gasteiger partial charge in [-0.15, -0.1) is 5.10 Å². The Bertz CT molecular complexity index is 560. The first kappa shape index (κ1) is 8.11. The van der Waals surface area contributed by atoms with Crippen LogP contribution in [-0.2, 0) is 0 Å². The molecule has 0 atom stereocenters. The van der Waals surface area contributed by atoms with Gasteiger partial charge in [0.2, 0.25) is 0 Å². The van der Waals surface area contributed by atoms with Gasteiger partial charge in [0.15, 0.2) is 0 Å². The van der Waals surface area contributed by atoms with E-state index in [4.69, 9.17) is 5.73 Å². The van der Waals surface area contributed by atoms with Crippen LogP contribution in [0, 0.1) is 0 Å². The number of aromatic nitrogens is 3. The molecule has 0 spiro atoms. The minimum atomic E-state index is 0.529. The molecule has 4 nitrogen and oxygen atoms in total. The number of nitrogens with zero attached hydrogens (tertiary/aromatic N) is 2.